The summed E-state index contributed by atoms with van der Waals surface area (Å²) in [4.78, 5) is 2.11. The van der Waals surface area contributed by atoms with E-state index in [-0.39, 0.29) is 0 Å². The molecule has 0 atom stereocenters. The molecule has 2 N–H and O–H groups in total. The number of anilines is 1. The summed E-state index contributed by atoms with van der Waals surface area (Å²) in [5, 5.41) is 0. The normalized spacial score (nSPS) is 17.1. The highest BCUT2D eigenvalue weighted by Gasteiger charge is 2.14. The maximum absolute atomic E-state index is 5.87. The van der Waals surface area contributed by atoms with Crippen molar-refractivity contribution in [3.63, 3.8) is 0 Å². The smallest absolute Gasteiger partial charge is 0.0485 e. The van der Waals surface area contributed by atoms with Gasteiger partial charge in [0.25, 0.3) is 0 Å². The van der Waals surface area contributed by atoms with Gasteiger partial charge in [-0.1, -0.05) is 30.2 Å². The first-order valence-corrected chi connectivity index (χ1v) is 6.54. The van der Waals surface area contributed by atoms with Gasteiger partial charge in [-0.05, 0) is 38.1 Å². The third kappa shape index (κ3) is 2.67. The van der Waals surface area contributed by atoms with Gasteiger partial charge >= 0.3 is 0 Å². The van der Waals surface area contributed by atoms with E-state index < -0.39 is 0 Å². The van der Waals surface area contributed by atoms with Crippen LogP contribution in [0.3, 0.4) is 0 Å². The van der Waals surface area contributed by atoms with Gasteiger partial charge in [0.2, 0.25) is 0 Å². The van der Waals surface area contributed by atoms with E-state index in [1.165, 1.54) is 0 Å². The molecule has 2 rings (SSSR count). The summed E-state index contributed by atoms with van der Waals surface area (Å²) >= 11 is 0. The summed E-state index contributed by atoms with van der Waals surface area (Å²) in [6.07, 6.45) is 15.5. The fourth-order valence-electron chi connectivity index (χ4n) is 2.19. The van der Waals surface area contributed by atoms with Crippen LogP contribution in [0.1, 0.15) is 19.4 Å². The fraction of sp³-hybridized carbons (Fsp3) is 0.111. The molecule has 1 aliphatic rings. The first kappa shape index (κ1) is 13.8. The summed E-state index contributed by atoms with van der Waals surface area (Å²) < 4.78 is 0. The minimum Gasteiger partial charge on any atom is -0.399 e. The van der Waals surface area contributed by atoms with Crippen molar-refractivity contribution in [3.8, 4) is 12.3 Å². The molecule has 20 heavy (non-hydrogen) atoms. The van der Waals surface area contributed by atoms with Crippen LogP contribution in [0.2, 0.25) is 0 Å². The molecule has 0 aliphatic carbocycles. The van der Waals surface area contributed by atoms with Crippen molar-refractivity contribution < 1.29 is 0 Å². The monoisotopic (exact) mass is 262 g/mol. The molecule has 0 fully saturated rings. The van der Waals surface area contributed by atoms with Crippen LogP contribution in [-0.2, 0) is 0 Å². The number of terminal acetylenes is 1. The van der Waals surface area contributed by atoms with E-state index in [0.29, 0.717) is 0 Å². The Morgan fingerprint density at radius 2 is 2.15 bits per heavy atom. The second-order valence-corrected chi connectivity index (χ2v) is 4.44. The molecule has 1 aromatic rings. The average Bonchev–Trinajstić information content (AvgIpc) is 2.48. The number of rotatable bonds is 2. The zero-order valence-electron chi connectivity index (χ0n) is 11.8. The number of nitrogens with zero attached hydrogens (tertiary/aromatic N) is 1. The summed E-state index contributed by atoms with van der Waals surface area (Å²) in [7, 11) is 0. The van der Waals surface area contributed by atoms with Crippen molar-refractivity contribution in [2.45, 2.75) is 13.8 Å². The molecule has 0 unspecified atom stereocenters. The van der Waals surface area contributed by atoms with Gasteiger partial charge in [-0.3, -0.25) is 0 Å². The lowest BCUT2D eigenvalue weighted by atomic mass is 10.1. The second-order valence-electron chi connectivity index (χ2n) is 4.44. The van der Waals surface area contributed by atoms with Crippen LogP contribution in [-0.4, -0.2) is 4.90 Å². The zero-order chi connectivity index (χ0) is 14.5. The van der Waals surface area contributed by atoms with Crippen molar-refractivity contribution in [1.29, 1.82) is 0 Å². The summed E-state index contributed by atoms with van der Waals surface area (Å²) in [5.41, 5.74) is 10.7. The Hall–Kier alpha value is -2.66. The van der Waals surface area contributed by atoms with Crippen molar-refractivity contribution in [2.24, 2.45) is 0 Å². The van der Waals surface area contributed by atoms with Crippen molar-refractivity contribution in [2.75, 3.05) is 5.73 Å². The number of allylic oxidation sites excluding steroid dienone is 5. The van der Waals surface area contributed by atoms with E-state index in [4.69, 9.17) is 12.2 Å². The minimum atomic E-state index is 0.754. The predicted molar refractivity (Wildman–Crippen MR) is 86.2 cm³/mol. The molecule has 0 spiro atoms. The summed E-state index contributed by atoms with van der Waals surface area (Å²) in [5.74, 6) is 2.66. The van der Waals surface area contributed by atoms with E-state index in [0.717, 1.165) is 28.2 Å². The molecule has 0 bridgehead atoms. The third-order valence-corrected chi connectivity index (χ3v) is 3.16. The highest BCUT2D eigenvalue weighted by Crippen LogP contribution is 2.29. The third-order valence-electron chi connectivity index (χ3n) is 3.16. The van der Waals surface area contributed by atoms with E-state index in [1.54, 1.807) is 0 Å². The van der Waals surface area contributed by atoms with Gasteiger partial charge in [0.05, 0.1) is 0 Å². The molecule has 2 heteroatoms. The molecule has 2 nitrogen and oxygen atoms in total. The van der Waals surface area contributed by atoms with Crippen LogP contribution in [0.5, 0.6) is 0 Å². The van der Waals surface area contributed by atoms with Crippen LogP contribution in [0.25, 0.3) is 5.70 Å². The number of nitrogens with two attached hydrogens (primary N) is 1. The molecular formula is C18H18N2. The predicted octanol–water partition coefficient (Wildman–Crippen LogP) is 3.92. The van der Waals surface area contributed by atoms with E-state index in [1.807, 2.05) is 62.5 Å². The Labute approximate surface area is 120 Å². The first-order valence-electron chi connectivity index (χ1n) is 6.54. The molecule has 1 heterocycles. The maximum atomic E-state index is 5.87. The van der Waals surface area contributed by atoms with Gasteiger partial charge in [-0.15, -0.1) is 6.42 Å². The van der Waals surface area contributed by atoms with Gasteiger partial charge in [0.1, 0.15) is 0 Å². The van der Waals surface area contributed by atoms with Crippen LogP contribution < -0.4 is 5.73 Å². The molecule has 0 radical (unpaired) electrons. The number of benzene rings is 1. The molecule has 0 saturated heterocycles. The lowest BCUT2D eigenvalue weighted by Crippen LogP contribution is -2.16. The van der Waals surface area contributed by atoms with Crippen molar-refractivity contribution >= 4 is 11.4 Å². The largest absolute Gasteiger partial charge is 0.399 e. The standard InChI is InChI=1S/C18H18N2/c1-4-14-10-11-20(17(5-2)12-14)18(6-3)15-8-7-9-16(19)13-15/h1,5-13H,19H2,2-3H3/b17-5+,18-6-. The van der Waals surface area contributed by atoms with Gasteiger partial charge in [0.15, 0.2) is 0 Å². The summed E-state index contributed by atoms with van der Waals surface area (Å²) in [6.45, 7) is 4.01. The van der Waals surface area contributed by atoms with E-state index in [2.05, 4.69) is 16.9 Å². The Balaban J connectivity index is 2.43. The van der Waals surface area contributed by atoms with Crippen LogP contribution >= 0.6 is 0 Å². The SMILES string of the molecule is C#CC1=C/C(=C\C)N(/C(=C\C)c2cccc(N)c2)C=C1. The molecule has 1 aliphatic heterocycles. The van der Waals surface area contributed by atoms with Crippen molar-refractivity contribution in [1.82, 2.24) is 4.90 Å². The summed E-state index contributed by atoms with van der Waals surface area (Å²) in [6, 6.07) is 7.86. The second kappa shape index (κ2) is 5.99. The first-order chi connectivity index (χ1) is 9.69. The van der Waals surface area contributed by atoms with Gasteiger partial charge in [-0.2, -0.15) is 0 Å². The average molecular weight is 262 g/mol. The fourth-order valence-corrected chi connectivity index (χ4v) is 2.19. The Morgan fingerprint density at radius 1 is 1.35 bits per heavy atom. The van der Waals surface area contributed by atoms with Gasteiger partial charge in [0, 0.05) is 34.4 Å². The lowest BCUT2D eigenvalue weighted by molar-refractivity contribution is 0.669. The van der Waals surface area contributed by atoms with E-state index in [9.17, 15) is 0 Å². The maximum Gasteiger partial charge on any atom is 0.0485 e. The Bertz CT molecular complexity index is 667. The quantitative estimate of drug-likeness (QED) is 0.646. The van der Waals surface area contributed by atoms with Crippen LogP contribution in [0.15, 0.2) is 66.0 Å². The van der Waals surface area contributed by atoms with Crippen LogP contribution in [0, 0.1) is 12.3 Å². The molecule has 0 saturated carbocycles. The molecule has 1 aromatic carbocycles. The highest BCUT2D eigenvalue weighted by molar-refractivity contribution is 5.70. The molecular weight excluding hydrogens is 244 g/mol. The Morgan fingerprint density at radius 3 is 2.75 bits per heavy atom. The van der Waals surface area contributed by atoms with Gasteiger partial charge in [-0.25, -0.2) is 0 Å². The number of nitrogen functional groups attached to an aromatic ring is 1. The molecule has 0 amide bonds. The highest BCUT2D eigenvalue weighted by atomic mass is 15.1. The molecule has 0 aromatic heterocycles. The lowest BCUT2D eigenvalue weighted by Gasteiger charge is -2.27. The van der Waals surface area contributed by atoms with E-state index >= 15 is 0 Å². The molecule has 100 valence electrons. The topological polar surface area (TPSA) is 29.3 Å². The number of hydrogen-bond acceptors (Lipinski definition) is 2. The Kier molecular flexibility index (Phi) is 4.12. The zero-order valence-corrected chi connectivity index (χ0v) is 11.8. The minimum absolute atomic E-state index is 0.754. The van der Waals surface area contributed by atoms with Crippen molar-refractivity contribution in [3.05, 3.63) is 71.6 Å². The van der Waals surface area contributed by atoms with Gasteiger partial charge < -0.3 is 10.6 Å². The van der Waals surface area contributed by atoms with Crippen LogP contribution in [0.4, 0.5) is 5.69 Å². The number of hydrogen-bond donors (Lipinski definition) is 1.